The molecule has 0 radical (unpaired) electrons. The van der Waals surface area contributed by atoms with Gasteiger partial charge in [0.15, 0.2) is 0 Å². The Morgan fingerprint density at radius 3 is 2.47 bits per heavy atom. The van der Waals surface area contributed by atoms with Gasteiger partial charge in [-0.05, 0) is 18.6 Å². The average molecular weight is 230 g/mol. The van der Waals surface area contributed by atoms with Crippen LogP contribution in [0.1, 0.15) is 23.0 Å². The zero-order valence-corrected chi connectivity index (χ0v) is 9.55. The van der Waals surface area contributed by atoms with Crippen LogP contribution in [-0.2, 0) is 6.42 Å². The average Bonchev–Trinajstić information content (AvgIpc) is 2.67. The largest absolute Gasteiger partial charge is 0.383 e. The number of amides is 1. The summed E-state index contributed by atoms with van der Waals surface area (Å²) < 4.78 is 1.54. The first kappa shape index (κ1) is 11.2. The number of primary amides is 1. The highest BCUT2D eigenvalue weighted by Crippen LogP contribution is 2.20. The Balaban J connectivity index is 2.61. The van der Waals surface area contributed by atoms with E-state index in [2.05, 4.69) is 5.10 Å². The maximum Gasteiger partial charge on any atom is 0.254 e. The second kappa shape index (κ2) is 4.29. The number of carbonyl (C=O) groups excluding carboxylic acids is 1. The van der Waals surface area contributed by atoms with E-state index in [0.717, 1.165) is 5.69 Å². The molecule has 2 rings (SSSR count). The van der Waals surface area contributed by atoms with Crippen LogP contribution in [0.2, 0.25) is 0 Å². The maximum absolute atomic E-state index is 11.3. The predicted molar refractivity (Wildman–Crippen MR) is 65.9 cm³/mol. The van der Waals surface area contributed by atoms with Gasteiger partial charge < -0.3 is 11.5 Å². The first-order valence-corrected chi connectivity index (χ1v) is 5.37. The lowest BCUT2D eigenvalue weighted by molar-refractivity contribution is 0.100. The van der Waals surface area contributed by atoms with E-state index in [0.29, 0.717) is 23.5 Å². The Morgan fingerprint density at radius 1 is 1.35 bits per heavy atom. The Labute approximate surface area is 99.0 Å². The minimum Gasteiger partial charge on any atom is -0.383 e. The van der Waals surface area contributed by atoms with Crippen molar-refractivity contribution in [3.63, 3.8) is 0 Å². The van der Waals surface area contributed by atoms with E-state index in [9.17, 15) is 4.79 Å². The second-order valence-electron chi connectivity index (χ2n) is 3.67. The Kier molecular flexibility index (Phi) is 2.82. The van der Waals surface area contributed by atoms with Crippen LogP contribution in [0.4, 0.5) is 5.82 Å². The van der Waals surface area contributed by atoms with Crippen LogP contribution in [-0.4, -0.2) is 15.7 Å². The number of benzene rings is 1. The Hall–Kier alpha value is -2.30. The molecule has 0 saturated carbocycles. The van der Waals surface area contributed by atoms with Crippen molar-refractivity contribution in [1.82, 2.24) is 9.78 Å². The number of nitrogens with zero attached hydrogens (tertiary/aromatic N) is 2. The van der Waals surface area contributed by atoms with Gasteiger partial charge in [-0.2, -0.15) is 5.10 Å². The summed E-state index contributed by atoms with van der Waals surface area (Å²) in [7, 11) is 0. The molecule has 5 nitrogen and oxygen atoms in total. The zero-order chi connectivity index (χ0) is 12.4. The quantitative estimate of drug-likeness (QED) is 0.828. The number of nitrogens with two attached hydrogens (primary N) is 2. The molecule has 1 aromatic carbocycles. The molecule has 0 spiro atoms. The number of aromatic nitrogens is 2. The van der Waals surface area contributed by atoms with Crippen molar-refractivity contribution in [2.45, 2.75) is 13.3 Å². The van der Waals surface area contributed by atoms with E-state index < -0.39 is 5.91 Å². The monoisotopic (exact) mass is 230 g/mol. The molecule has 0 fully saturated rings. The van der Waals surface area contributed by atoms with Gasteiger partial charge in [0.05, 0.1) is 11.4 Å². The summed E-state index contributed by atoms with van der Waals surface area (Å²) >= 11 is 0. The lowest BCUT2D eigenvalue weighted by atomic mass is 10.2. The highest BCUT2D eigenvalue weighted by molar-refractivity contribution is 5.98. The van der Waals surface area contributed by atoms with E-state index in [1.54, 1.807) is 4.68 Å². The maximum atomic E-state index is 11.3. The summed E-state index contributed by atoms with van der Waals surface area (Å²) in [5, 5.41) is 4.31. The summed E-state index contributed by atoms with van der Waals surface area (Å²) in [6, 6.07) is 9.40. The van der Waals surface area contributed by atoms with Crippen LogP contribution in [0.5, 0.6) is 0 Å². The SMILES string of the molecule is CCc1nn(-c2ccccc2)c(N)c1C(N)=O. The summed E-state index contributed by atoms with van der Waals surface area (Å²) in [4.78, 5) is 11.3. The zero-order valence-electron chi connectivity index (χ0n) is 9.55. The number of hydrogen-bond acceptors (Lipinski definition) is 3. The van der Waals surface area contributed by atoms with E-state index in [-0.39, 0.29) is 0 Å². The molecule has 0 unspecified atom stereocenters. The predicted octanol–water partition coefficient (Wildman–Crippen LogP) is 1.12. The molecule has 17 heavy (non-hydrogen) atoms. The van der Waals surface area contributed by atoms with E-state index in [1.165, 1.54) is 0 Å². The van der Waals surface area contributed by atoms with Crippen LogP contribution in [0.25, 0.3) is 5.69 Å². The van der Waals surface area contributed by atoms with Gasteiger partial charge in [-0.1, -0.05) is 25.1 Å². The molecule has 88 valence electrons. The third-order valence-corrected chi connectivity index (χ3v) is 2.58. The minimum atomic E-state index is -0.540. The number of hydrogen-bond donors (Lipinski definition) is 2. The molecule has 1 heterocycles. The molecule has 0 aliphatic carbocycles. The highest BCUT2D eigenvalue weighted by atomic mass is 16.1. The van der Waals surface area contributed by atoms with Gasteiger partial charge in [-0.25, -0.2) is 4.68 Å². The van der Waals surface area contributed by atoms with E-state index in [4.69, 9.17) is 11.5 Å². The molecule has 0 saturated heterocycles. The molecule has 0 aliphatic heterocycles. The van der Waals surface area contributed by atoms with Gasteiger partial charge in [0, 0.05) is 0 Å². The molecule has 0 atom stereocenters. The van der Waals surface area contributed by atoms with Crippen molar-refractivity contribution in [1.29, 1.82) is 0 Å². The van der Waals surface area contributed by atoms with Crippen LogP contribution in [0.3, 0.4) is 0 Å². The number of nitrogen functional groups attached to an aromatic ring is 1. The van der Waals surface area contributed by atoms with Gasteiger partial charge in [-0.15, -0.1) is 0 Å². The molecular formula is C12H14N4O. The first-order chi connectivity index (χ1) is 8.15. The van der Waals surface area contributed by atoms with Crippen LogP contribution >= 0.6 is 0 Å². The first-order valence-electron chi connectivity index (χ1n) is 5.37. The fourth-order valence-corrected chi connectivity index (χ4v) is 1.76. The van der Waals surface area contributed by atoms with Crippen molar-refractivity contribution in [3.8, 4) is 5.69 Å². The van der Waals surface area contributed by atoms with Crippen LogP contribution in [0.15, 0.2) is 30.3 Å². The fourth-order valence-electron chi connectivity index (χ4n) is 1.76. The van der Waals surface area contributed by atoms with Crippen molar-refractivity contribution in [2.75, 3.05) is 5.73 Å². The normalized spacial score (nSPS) is 10.4. The molecular weight excluding hydrogens is 216 g/mol. The number of anilines is 1. The molecule has 1 aromatic heterocycles. The van der Waals surface area contributed by atoms with Crippen molar-refractivity contribution in [3.05, 3.63) is 41.6 Å². The van der Waals surface area contributed by atoms with Gasteiger partial charge in [-0.3, -0.25) is 4.79 Å². The smallest absolute Gasteiger partial charge is 0.254 e. The number of aryl methyl sites for hydroxylation is 1. The van der Waals surface area contributed by atoms with Gasteiger partial charge in [0.2, 0.25) is 0 Å². The standard InChI is InChI=1S/C12H14N4O/c1-2-9-10(12(14)17)11(13)16(15-9)8-6-4-3-5-7-8/h3-7H,2,13H2,1H3,(H2,14,17). The van der Waals surface area contributed by atoms with Crippen molar-refractivity contribution >= 4 is 11.7 Å². The molecule has 2 aromatic rings. The van der Waals surface area contributed by atoms with Gasteiger partial charge >= 0.3 is 0 Å². The molecule has 4 N–H and O–H groups in total. The molecule has 1 amide bonds. The second-order valence-corrected chi connectivity index (χ2v) is 3.67. The number of para-hydroxylation sites is 1. The summed E-state index contributed by atoms with van der Waals surface area (Å²) in [5.41, 5.74) is 13.0. The lowest BCUT2D eigenvalue weighted by Gasteiger charge is -2.03. The van der Waals surface area contributed by atoms with Crippen molar-refractivity contribution in [2.24, 2.45) is 5.73 Å². The molecule has 5 heteroatoms. The minimum absolute atomic E-state index is 0.292. The third-order valence-electron chi connectivity index (χ3n) is 2.58. The van der Waals surface area contributed by atoms with Crippen molar-refractivity contribution < 1.29 is 4.79 Å². The third kappa shape index (κ3) is 1.87. The Bertz CT molecular complexity index is 545. The topological polar surface area (TPSA) is 86.9 Å². The van der Waals surface area contributed by atoms with Gasteiger partial charge in [0.25, 0.3) is 5.91 Å². The Morgan fingerprint density at radius 2 is 2.00 bits per heavy atom. The number of rotatable bonds is 3. The van der Waals surface area contributed by atoms with Gasteiger partial charge in [0.1, 0.15) is 11.4 Å². The van der Waals surface area contributed by atoms with E-state index in [1.807, 2.05) is 37.3 Å². The van der Waals surface area contributed by atoms with Crippen LogP contribution < -0.4 is 11.5 Å². The summed E-state index contributed by atoms with van der Waals surface area (Å²) in [5.74, 6) is -0.248. The fraction of sp³-hybridized carbons (Fsp3) is 0.167. The molecule has 0 aliphatic rings. The van der Waals surface area contributed by atoms with Crippen LogP contribution in [0, 0.1) is 0 Å². The highest BCUT2D eigenvalue weighted by Gasteiger charge is 2.19. The lowest BCUT2D eigenvalue weighted by Crippen LogP contribution is -2.14. The van der Waals surface area contributed by atoms with E-state index >= 15 is 0 Å². The number of carbonyl (C=O) groups is 1. The molecule has 0 bridgehead atoms. The summed E-state index contributed by atoms with van der Waals surface area (Å²) in [6.45, 7) is 1.91. The summed E-state index contributed by atoms with van der Waals surface area (Å²) in [6.07, 6.45) is 0.613.